The van der Waals surface area contributed by atoms with E-state index in [4.69, 9.17) is 9.47 Å². The zero-order valence-electron chi connectivity index (χ0n) is 11.8. The lowest BCUT2D eigenvalue weighted by Crippen LogP contribution is -2.26. The Bertz CT molecular complexity index is 344. The van der Waals surface area contributed by atoms with Crippen LogP contribution in [0.15, 0.2) is 24.3 Å². The van der Waals surface area contributed by atoms with Crippen molar-refractivity contribution in [3.63, 3.8) is 0 Å². The van der Waals surface area contributed by atoms with Gasteiger partial charge in [-0.25, -0.2) is 0 Å². The van der Waals surface area contributed by atoms with Crippen molar-refractivity contribution in [3.05, 3.63) is 24.3 Å². The molecule has 0 aliphatic heterocycles. The average Bonchev–Trinajstić information content (AvgIpc) is 2.19. The molecule has 1 rings (SSSR count). The summed E-state index contributed by atoms with van der Waals surface area (Å²) in [6.07, 6.45) is 0.979. The van der Waals surface area contributed by atoms with E-state index in [9.17, 15) is 0 Å². The van der Waals surface area contributed by atoms with Gasteiger partial charge in [-0.15, -0.1) is 0 Å². The van der Waals surface area contributed by atoms with Gasteiger partial charge in [0.1, 0.15) is 22.7 Å². The molecule has 0 aliphatic rings. The lowest BCUT2D eigenvalue weighted by Gasteiger charge is -2.25. The van der Waals surface area contributed by atoms with Crippen LogP contribution in [0.5, 0.6) is 11.5 Å². The molecule has 0 amide bonds. The molecule has 0 aromatic heterocycles. The second-order valence-corrected chi connectivity index (χ2v) is 5.90. The van der Waals surface area contributed by atoms with Crippen LogP contribution in [-0.4, -0.2) is 11.2 Å². The molecule has 0 N–H and O–H groups in total. The van der Waals surface area contributed by atoms with Crippen LogP contribution in [-0.2, 0) is 0 Å². The summed E-state index contributed by atoms with van der Waals surface area (Å²) in [6.45, 7) is 12.4. The maximum absolute atomic E-state index is 5.88. The molecule has 17 heavy (non-hydrogen) atoms. The van der Waals surface area contributed by atoms with Gasteiger partial charge < -0.3 is 9.47 Å². The fraction of sp³-hybridized carbons (Fsp3) is 0.600. The summed E-state index contributed by atoms with van der Waals surface area (Å²) in [7, 11) is 0. The monoisotopic (exact) mass is 236 g/mol. The van der Waals surface area contributed by atoms with Crippen LogP contribution in [0, 0.1) is 0 Å². The SMILES string of the molecule is CCC(C)(C)Oc1ccc(OC(C)(C)C)cc1. The molecule has 0 unspecified atom stereocenters. The van der Waals surface area contributed by atoms with Crippen molar-refractivity contribution in [2.45, 2.75) is 59.2 Å². The van der Waals surface area contributed by atoms with E-state index in [0.29, 0.717) is 0 Å². The second kappa shape index (κ2) is 4.99. The van der Waals surface area contributed by atoms with E-state index >= 15 is 0 Å². The summed E-state index contributed by atoms with van der Waals surface area (Å²) in [4.78, 5) is 0. The standard InChI is InChI=1S/C15H24O2/c1-7-15(5,6)17-13-10-8-12(9-11-13)16-14(2,3)4/h8-11H,7H2,1-6H3. The third kappa shape index (κ3) is 5.12. The van der Waals surface area contributed by atoms with Crippen molar-refractivity contribution in [3.8, 4) is 11.5 Å². The number of hydrogen-bond acceptors (Lipinski definition) is 2. The minimum absolute atomic E-state index is 0.119. The number of ether oxygens (including phenoxy) is 2. The average molecular weight is 236 g/mol. The maximum Gasteiger partial charge on any atom is 0.120 e. The Kier molecular flexibility index (Phi) is 4.07. The zero-order chi connectivity index (χ0) is 13.1. The van der Waals surface area contributed by atoms with Gasteiger partial charge in [0.05, 0.1) is 0 Å². The highest BCUT2D eigenvalue weighted by Crippen LogP contribution is 2.25. The van der Waals surface area contributed by atoms with Crippen molar-refractivity contribution >= 4 is 0 Å². The largest absolute Gasteiger partial charge is 0.488 e. The third-order valence-electron chi connectivity index (χ3n) is 2.49. The minimum atomic E-state index is -0.162. The van der Waals surface area contributed by atoms with Gasteiger partial charge >= 0.3 is 0 Å². The highest BCUT2D eigenvalue weighted by Gasteiger charge is 2.17. The van der Waals surface area contributed by atoms with Crippen molar-refractivity contribution in [1.82, 2.24) is 0 Å². The molecule has 2 heteroatoms. The predicted octanol–water partition coefficient (Wildman–Crippen LogP) is 4.43. The fourth-order valence-electron chi connectivity index (χ4n) is 1.32. The third-order valence-corrected chi connectivity index (χ3v) is 2.49. The van der Waals surface area contributed by atoms with Gasteiger partial charge in [-0.1, -0.05) is 6.92 Å². The molecule has 2 nitrogen and oxygen atoms in total. The summed E-state index contributed by atoms with van der Waals surface area (Å²) < 4.78 is 11.6. The topological polar surface area (TPSA) is 18.5 Å². The molecule has 0 spiro atoms. The van der Waals surface area contributed by atoms with Gasteiger partial charge in [0, 0.05) is 0 Å². The van der Waals surface area contributed by atoms with Crippen LogP contribution in [0.25, 0.3) is 0 Å². The van der Waals surface area contributed by atoms with E-state index in [-0.39, 0.29) is 11.2 Å². The normalized spacial score (nSPS) is 12.4. The molecule has 1 aromatic rings. The Balaban J connectivity index is 2.69. The molecule has 0 saturated carbocycles. The highest BCUT2D eigenvalue weighted by atomic mass is 16.5. The van der Waals surface area contributed by atoms with Crippen LogP contribution in [0.1, 0.15) is 48.0 Å². The molecule has 0 heterocycles. The highest BCUT2D eigenvalue weighted by molar-refractivity contribution is 5.32. The molecule has 0 saturated heterocycles. The van der Waals surface area contributed by atoms with Gasteiger partial charge in [0.15, 0.2) is 0 Å². The Hall–Kier alpha value is -1.18. The van der Waals surface area contributed by atoms with Crippen LogP contribution >= 0.6 is 0 Å². The van der Waals surface area contributed by atoms with E-state index < -0.39 is 0 Å². The van der Waals surface area contributed by atoms with E-state index in [0.717, 1.165) is 17.9 Å². The second-order valence-electron chi connectivity index (χ2n) is 5.90. The predicted molar refractivity (Wildman–Crippen MR) is 71.8 cm³/mol. The van der Waals surface area contributed by atoms with Crippen LogP contribution < -0.4 is 9.47 Å². The Morgan fingerprint density at radius 3 is 1.59 bits per heavy atom. The van der Waals surface area contributed by atoms with Crippen molar-refractivity contribution in [2.75, 3.05) is 0 Å². The van der Waals surface area contributed by atoms with Crippen LogP contribution in [0.3, 0.4) is 0 Å². The lowest BCUT2D eigenvalue weighted by atomic mass is 10.1. The lowest BCUT2D eigenvalue weighted by molar-refractivity contribution is 0.104. The molecule has 1 aromatic carbocycles. The minimum Gasteiger partial charge on any atom is -0.488 e. The first-order valence-electron chi connectivity index (χ1n) is 6.20. The zero-order valence-corrected chi connectivity index (χ0v) is 11.8. The summed E-state index contributed by atoms with van der Waals surface area (Å²) in [5.41, 5.74) is -0.280. The van der Waals surface area contributed by atoms with Gasteiger partial charge in [-0.3, -0.25) is 0 Å². The number of rotatable bonds is 4. The van der Waals surface area contributed by atoms with Crippen LogP contribution in [0.2, 0.25) is 0 Å². The molecule has 0 aliphatic carbocycles. The Morgan fingerprint density at radius 2 is 1.24 bits per heavy atom. The maximum atomic E-state index is 5.88. The molecule has 0 bridgehead atoms. The molecule has 0 radical (unpaired) electrons. The van der Waals surface area contributed by atoms with Gasteiger partial charge in [-0.05, 0) is 65.3 Å². The van der Waals surface area contributed by atoms with E-state index in [2.05, 4.69) is 20.8 Å². The molecular formula is C15H24O2. The summed E-state index contributed by atoms with van der Waals surface area (Å²) in [6, 6.07) is 7.82. The first-order chi connectivity index (χ1) is 7.72. The fourth-order valence-corrected chi connectivity index (χ4v) is 1.32. The van der Waals surface area contributed by atoms with E-state index in [1.165, 1.54) is 0 Å². The Labute approximate surface area is 105 Å². The summed E-state index contributed by atoms with van der Waals surface area (Å²) in [5, 5.41) is 0. The van der Waals surface area contributed by atoms with Crippen molar-refractivity contribution < 1.29 is 9.47 Å². The number of benzene rings is 1. The summed E-state index contributed by atoms with van der Waals surface area (Å²) >= 11 is 0. The first-order valence-corrected chi connectivity index (χ1v) is 6.20. The molecule has 0 fully saturated rings. The van der Waals surface area contributed by atoms with Gasteiger partial charge in [0.25, 0.3) is 0 Å². The number of hydrogen-bond donors (Lipinski definition) is 0. The van der Waals surface area contributed by atoms with E-state index in [1.54, 1.807) is 0 Å². The molecular weight excluding hydrogens is 212 g/mol. The van der Waals surface area contributed by atoms with Crippen LogP contribution in [0.4, 0.5) is 0 Å². The summed E-state index contributed by atoms with van der Waals surface area (Å²) in [5.74, 6) is 1.76. The van der Waals surface area contributed by atoms with Crippen molar-refractivity contribution in [2.24, 2.45) is 0 Å². The smallest absolute Gasteiger partial charge is 0.120 e. The molecule has 0 atom stereocenters. The first kappa shape index (κ1) is 13.9. The quantitative estimate of drug-likeness (QED) is 0.770. The Morgan fingerprint density at radius 1 is 0.824 bits per heavy atom. The van der Waals surface area contributed by atoms with E-state index in [1.807, 2.05) is 45.0 Å². The van der Waals surface area contributed by atoms with Gasteiger partial charge in [-0.2, -0.15) is 0 Å². The van der Waals surface area contributed by atoms with Gasteiger partial charge in [0.2, 0.25) is 0 Å². The molecule has 96 valence electrons. The van der Waals surface area contributed by atoms with Crippen molar-refractivity contribution in [1.29, 1.82) is 0 Å².